The van der Waals surface area contributed by atoms with Crippen LogP contribution in [0.3, 0.4) is 0 Å². The zero-order chi connectivity index (χ0) is 18.2. The molecule has 0 atom stereocenters. The molecule has 26 heavy (non-hydrogen) atoms. The molecule has 0 N–H and O–H groups in total. The monoisotopic (exact) mass is 345 g/mol. The van der Waals surface area contributed by atoms with Crippen LogP contribution in [0.25, 0.3) is 0 Å². The summed E-state index contributed by atoms with van der Waals surface area (Å²) in [6.07, 6.45) is 3.44. The standard InChI is InChI=1S/C23H23NO2/c1-2-3-14-21-15-22(26-18-20-12-8-5-9-13-20)16-23(25)24(21)17-19-10-6-4-7-11-19/h2,4-13,15-16H,1,3,14,17-18H2. The van der Waals surface area contributed by atoms with Crippen LogP contribution in [-0.2, 0) is 19.6 Å². The second kappa shape index (κ2) is 8.86. The van der Waals surface area contributed by atoms with Crippen LogP contribution in [0.2, 0.25) is 0 Å². The molecule has 3 heteroatoms. The predicted molar refractivity (Wildman–Crippen MR) is 106 cm³/mol. The topological polar surface area (TPSA) is 31.2 Å². The van der Waals surface area contributed by atoms with Gasteiger partial charge in [-0.05, 0) is 30.0 Å². The number of nitrogens with zero attached hydrogens (tertiary/aromatic N) is 1. The summed E-state index contributed by atoms with van der Waals surface area (Å²) in [6.45, 7) is 4.80. The first kappa shape index (κ1) is 17.7. The summed E-state index contributed by atoms with van der Waals surface area (Å²) in [5, 5.41) is 0. The molecule has 0 bridgehead atoms. The molecular formula is C23H23NO2. The Morgan fingerprint density at radius 1 is 0.923 bits per heavy atom. The maximum absolute atomic E-state index is 12.7. The second-order valence-corrected chi connectivity index (χ2v) is 6.19. The van der Waals surface area contributed by atoms with Gasteiger partial charge in [-0.15, -0.1) is 6.58 Å². The van der Waals surface area contributed by atoms with Gasteiger partial charge in [0.1, 0.15) is 12.4 Å². The van der Waals surface area contributed by atoms with Gasteiger partial charge in [-0.25, -0.2) is 0 Å². The summed E-state index contributed by atoms with van der Waals surface area (Å²) >= 11 is 0. The minimum atomic E-state index is -0.0431. The average molecular weight is 345 g/mol. The van der Waals surface area contributed by atoms with Gasteiger partial charge in [-0.1, -0.05) is 66.7 Å². The molecule has 0 saturated heterocycles. The third kappa shape index (κ3) is 4.73. The number of hydrogen-bond acceptors (Lipinski definition) is 2. The van der Waals surface area contributed by atoms with Crippen LogP contribution in [0.5, 0.6) is 5.75 Å². The average Bonchev–Trinajstić information content (AvgIpc) is 2.68. The van der Waals surface area contributed by atoms with Crippen molar-refractivity contribution in [2.75, 3.05) is 0 Å². The number of rotatable bonds is 8. The van der Waals surface area contributed by atoms with Gasteiger partial charge in [0.25, 0.3) is 5.56 Å². The van der Waals surface area contributed by atoms with Gasteiger partial charge in [0.2, 0.25) is 0 Å². The van der Waals surface area contributed by atoms with Gasteiger partial charge in [0.05, 0.1) is 6.54 Å². The molecule has 3 rings (SSSR count). The molecule has 132 valence electrons. The van der Waals surface area contributed by atoms with Crippen molar-refractivity contribution in [2.45, 2.75) is 26.0 Å². The lowest BCUT2D eigenvalue weighted by molar-refractivity contribution is 0.304. The largest absolute Gasteiger partial charge is 0.489 e. The van der Waals surface area contributed by atoms with E-state index in [1.54, 1.807) is 6.07 Å². The molecule has 0 amide bonds. The molecule has 3 nitrogen and oxygen atoms in total. The molecule has 0 aliphatic carbocycles. The highest BCUT2D eigenvalue weighted by molar-refractivity contribution is 5.27. The molecule has 3 aromatic rings. The Morgan fingerprint density at radius 2 is 1.58 bits per heavy atom. The first-order chi connectivity index (χ1) is 12.8. The first-order valence-electron chi connectivity index (χ1n) is 8.81. The fraction of sp³-hybridized carbons (Fsp3) is 0.174. The van der Waals surface area contributed by atoms with Crippen LogP contribution in [0.15, 0.2) is 90.2 Å². The molecule has 1 aromatic heterocycles. The molecule has 2 aromatic carbocycles. The van der Waals surface area contributed by atoms with E-state index in [2.05, 4.69) is 6.58 Å². The summed E-state index contributed by atoms with van der Waals surface area (Å²) in [7, 11) is 0. The molecule has 1 heterocycles. The van der Waals surface area contributed by atoms with Crippen molar-refractivity contribution in [3.63, 3.8) is 0 Å². The summed E-state index contributed by atoms with van der Waals surface area (Å²) in [5.74, 6) is 0.613. The minimum Gasteiger partial charge on any atom is -0.489 e. The van der Waals surface area contributed by atoms with Crippen LogP contribution in [0, 0.1) is 0 Å². The summed E-state index contributed by atoms with van der Waals surface area (Å²) in [4.78, 5) is 12.7. The van der Waals surface area contributed by atoms with Crippen molar-refractivity contribution in [2.24, 2.45) is 0 Å². The number of pyridine rings is 1. The van der Waals surface area contributed by atoms with Gasteiger partial charge in [0, 0.05) is 11.8 Å². The summed E-state index contributed by atoms with van der Waals surface area (Å²) in [5.41, 5.74) is 3.10. The van der Waals surface area contributed by atoms with Gasteiger partial charge in [-0.2, -0.15) is 0 Å². The van der Waals surface area contributed by atoms with E-state index in [4.69, 9.17) is 4.74 Å². The van der Waals surface area contributed by atoms with Crippen molar-refractivity contribution in [3.8, 4) is 5.75 Å². The minimum absolute atomic E-state index is 0.0431. The van der Waals surface area contributed by atoms with Gasteiger partial charge < -0.3 is 9.30 Å². The predicted octanol–water partition coefficient (Wildman–Crippen LogP) is 4.59. The van der Waals surface area contributed by atoms with E-state index in [-0.39, 0.29) is 5.56 Å². The van der Waals surface area contributed by atoms with E-state index in [0.717, 1.165) is 29.7 Å². The second-order valence-electron chi connectivity index (χ2n) is 6.19. The number of ether oxygens (including phenoxy) is 1. The van der Waals surface area contributed by atoms with Crippen LogP contribution in [0.1, 0.15) is 23.2 Å². The van der Waals surface area contributed by atoms with E-state index >= 15 is 0 Å². The molecule has 0 aliphatic heterocycles. The maximum atomic E-state index is 12.7. The van der Waals surface area contributed by atoms with Crippen LogP contribution < -0.4 is 10.3 Å². The highest BCUT2D eigenvalue weighted by Crippen LogP contribution is 2.16. The zero-order valence-electron chi connectivity index (χ0n) is 14.8. The normalized spacial score (nSPS) is 10.5. The van der Waals surface area contributed by atoms with Crippen molar-refractivity contribution in [1.82, 2.24) is 4.57 Å². The third-order valence-electron chi connectivity index (χ3n) is 4.22. The van der Waals surface area contributed by atoms with Gasteiger partial charge in [-0.3, -0.25) is 4.79 Å². The number of hydrogen-bond donors (Lipinski definition) is 0. The molecule has 0 radical (unpaired) electrons. The smallest absolute Gasteiger partial charge is 0.254 e. The Morgan fingerprint density at radius 3 is 2.23 bits per heavy atom. The van der Waals surface area contributed by atoms with Crippen molar-refractivity contribution >= 4 is 0 Å². The van der Waals surface area contributed by atoms with E-state index < -0.39 is 0 Å². The SMILES string of the molecule is C=CCCc1cc(OCc2ccccc2)cc(=O)n1Cc1ccccc1. The molecule has 0 spiro atoms. The molecular weight excluding hydrogens is 322 g/mol. The fourth-order valence-electron chi connectivity index (χ4n) is 2.85. The number of benzene rings is 2. The molecule has 0 fully saturated rings. The van der Waals surface area contributed by atoms with E-state index in [0.29, 0.717) is 18.9 Å². The number of allylic oxidation sites excluding steroid dienone is 1. The number of aryl methyl sites for hydroxylation is 1. The Kier molecular flexibility index (Phi) is 6.05. The van der Waals surface area contributed by atoms with Crippen LogP contribution >= 0.6 is 0 Å². The maximum Gasteiger partial charge on any atom is 0.254 e. The van der Waals surface area contributed by atoms with Crippen molar-refractivity contribution < 1.29 is 4.74 Å². The lowest BCUT2D eigenvalue weighted by atomic mass is 10.1. The van der Waals surface area contributed by atoms with Crippen LogP contribution in [0.4, 0.5) is 0 Å². The van der Waals surface area contributed by atoms with Crippen LogP contribution in [-0.4, -0.2) is 4.57 Å². The first-order valence-corrected chi connectivity index (χ1v) is 8.81. The highest BCUT2D eigenvalue weighted by atomic mass is 16.5. The summed E-state index contributed by atoms with van der Waals surface area (Å²) < 4.78 is 7.67. The van der Waals surface area contributed by atoms with E-state index in [9.17, 15) is 4.79 Å². The van der Waals surface area contributed by atoms with Crippen molar-refractivity contribution in [1.29, 1.82) is 0 Å². The molecule has 0 saturated carbocycles. The van der Waals surface area contributed by atoms with Gasteiger partial charge in [0.15, 0.2) is 0 Å². The van der Waals surface area contributed by atoms with E-state index in [1.165, 1.54) is 0 Å². The van der Waals surface area contributed by atoms with E-state index in [1.807, 2.05) is 77.4 Å². The summed E-state index contributed by atoms with van der Waals surface area (Å²) in [6, 6.07) is 23.5. The lowest BCUT2D eigenvalue weighted by Crippen LogP contribution is -2.23. The molecule has 0 aliphatic rings. The third-order valence-corrected chi connectivity index (χ3v) is 4.22. The fourth-order valence-corrected chi connectivity index (χ4v) is 2.85. The van der Waals surface area contributed by atoms with Gasteiger partial charge >= 0.3 is 0 Å². The lowest BCUT2D eigenvalue weighted by Gasteiger charge is -2.15. The highest BCUT2D eigenvalue weighted by Gasteiger charge is 2.08. The zero-order valence-corrected chi connectivity index (χ0v) is 14.8. The molecule has 0 unspecified atom stereocenters. The Labute approximate surface area is 154 Å². The Hall–Kier alpha value is -3.07. The Balaban J connectivity index is 1.84. The quantitative estimate of drug-likeness (QED) is 0.559. The van der Waals surface area contributed by atoms with Crippen molar-refractivity contribution in [3.05, 3.63) is 113 Å². The Bertz CT molecular complexity index is 898. The number of aromatic nitrogens is 1.